The lowest BCUT2D eigenvalue weighted by molar-refractivity contribution is -0.187. The summed E-state index contributed by atoms with van der Waals surface area (Å²) < 4.78 is 44.3. The number of carboxylic acid groups (broad SMARTS) is 1. The maximum Gasteiger partial charge on any atom is 0.430 e. The molecule has 0 fully saturated rings. The molecule has 1 aliphatic rings. The SMILES string of the molecule is Cc1ccc(Sc2cccc3c2C=C(C(=O)O)C(C(F)(F)F)O3)cc1. The zero-order valence-electron chi connectivity index (χ0n) is 13.0. The molecule has 1 atom stereocenters. The lowest BCUT2D eigenvalue weighted by atomic mass is 10.0. The number of carbonyl (C=O) groups is 1. The smallest absolute Gasteiger partial charge is 0.430 e. The van der Waals surface area contributed by atoms with E-state index in [2.05, 4.69) is 0 Å². The largest absolute Gasteiger partial charge is 0.478 e. The molecule has 0 aromatic heterocycles. The molecular weight excluding hydrogens is 353 g/mol. The predicted molar refractivity (Wildman–Crippen MR) is 87.8 cm³/mol. The minimum atomic E-state index is -4.80. The van der Waals surface area contributed by atoms with Crippen LogP contribution in [0.2, 0.25) is 0 Å². The Hall–Kier alpha value is -2.41. The monoisotopic (exact) mass is 366 g/mol. The average molecular weight is 366 g/mol. The second kappa shape index (κ2) is 6.48. The lowest BCUT2D eigenvalue weighted by Crippen LogP contribution is -2.40. The number of hydrogen-bond donors (Lipinski definition) is 1. The van der Waals surface area contributed by atoms with Crippen LogP contribution in [-0.2, 0) is 4.79 Å². The maximum atomic E-state index is 13.1. The van der Waals surface area contributed by atoms with Crippen molar-refractivity contribution in [2.45, 2.75) is 29.0 Å². The van der Waals surface area contributed by atoms with E-state index >= 15 is 0 Å². The van der Waals surface area contributed by atoms with Gasteiger partial charge in [0.2, 0.25) is 6.10 Å². The Morgan fingerprint density at radius 3 is 2.44 bits per heavy atom. The van der Waals surface area contributed by atoms with Gasteiger partial charge >= 0.3 is 12.1 Å². The quantitative estimate of drug-likeness (QED) is 0.836. The van der Waals surface area contributed by atoms with Crippen molar-refractivity contribution >= 4 is 23.8 Å². The van der Waals surface area contributed by atoms with Crippen LogP contribution in [0, 0.1) is 6.92 Å². The number of rotatable bonds is 3. The fraction of sp³-hybridized carbons (Fsp3) is 0.167. The van der Waals surface area contributed by atoms with Crippen LogP contribution in [0.1, 0.15) is 11.1 Å². The summed E-state index contributed by atoms with van der Waals surface area (Å²) in [5.41, 5.74) is 0.604. The Labute approximate surface area is 146 Å². The third-order valence-electron chi connectivity index (χ3n) is 3.65. The number of hydrogen-bond acceptors (Lipinski definition) is 3. The van der Waals surface area contributed by atoms with Gasteiger partial charge < -0.3 is 9.84 Å². The van der Waals surface area contributed by atoms with Crippen LogP contribution in [0.25, 0.3) is 6.08 Å². The molecule has 0 radical (unpaired) electrons. The third kappa shape index (κ3) is 3.66. The highest BCUT2D eigenvalue weighted by Crippen LogP contribution is 2.42. The molecule has 25 heavy (non-hydrogen) atoms. The molecule has 2 aromatic carbocycles. The molecule has 0 saturated carbocycles. The average Bonchev–Trinajstić information content (AvgIpc) is 2.55. The van der Waals surface area contributed by atoms with Crippen LogP contribution in [0.3, 0.4) is 0 Å². The van der Waals surface area contributed by atoms with Gasteiger partial charge in [-0.3, -0.25) is 0 Å². The van der Waals surface area contributed by atoms with Crippen molar-refractivity contribution in [3.63, 3.8) is 0 Å². The van der Waals surface area contributed by atoms with Crippen molar-refractivity contribution in [2.24, 2.45) is 0 Å². The van der Waals surface area contributed by atoms with E-state index < -0.39 is 23.8 Å². The molecule has 1 N–H and O–H groups in total. The Morgan fingerprint density at radius 2 is 1.84 bits per heavy atom. The Morgan fingerprint density at radius 1 is 1.16 bits per heavy atom. The van der Waals surface area contributed by atoms with Gasteiger partial charge in [-0.05, 0) is 37.3 Å². The van der Waals surface area contributed by atoms with E-state index in [-0.39, 0.29) is 5.75 Å². The minimum Gasteiger partial charge on any atom is -0.478 e. The first kappa shape index (κ1) is 17.4. The van der Waals surface area contributed by atoms with Crippen molar-refractivity contribution in [1.29, 1.82) is 0 Å². The summed E-state index contributed by atoms with van der Waals surface area (Å²) in [4.78, 5) is 12.8. The lowest BCUT2D eigenvalue weighted by Gasteiger charge is -2.27. The number of carboxylic acids is 1. The summed E-state index contributed by atoms with van der Waals surface area (Å²) in [6, 6.07) is 12.3. The van der Waals surface area contributed by atoms with E-state index in [1.165, 1.54) is 17.8 Å². The van der Waals surface area contributed by atoms with E-state index in [9.17, 15) is 18.0 Å². The predicted octanol–water partition coefficient (Wildman–Crippen LogP) is 4.94. The molecule has 3 rings (SSSR count). The Balaban J connectivity index is 2.03. The first-order chi connectivity index (χ1) is 11.8. The fourth-order valence-electron chi connectivity index (χ4n) is 2.43. The number of aliphatic carboxylic acids is 1. The summed E-state index contributed by atoms with van der Waals surface area (Å²) in [6.07, 6.45) is -6.23. The van der Waals surface area contributed by atoms with Gasteiger partial charge in [0.15, 0.2) is 0 Å². The molecule has 1 heterocycles. The molecule has 130 valence electrons. The molecule has 0 saturated heterocycles. The molecule has 1 aliphatic heterocycles. The summed E-state index contributed by atoms with van der Waals surface area (Å²) in [5, 5.41) is 9.15. The van der Waals surface area contributed by atoms with Crippen molar-refractivity contribution in [2.75, 3.05) is 0 Å². The van der Waals surface area contributed by atoms with Gasteiger partial charge in [0.25, 0.3) is 0 Å². The highest BCUT2D eigenvalue weighted by molar-refractivity contribution is 7.99. The van der Waals surface area contributed by atoms with Gasteiger partial charge in [-0.15, -0.1) is 0 Å². The van der Waals surface area contributed by atoms with E-state index in [0.29, 0.717) is 10.5 Å². The normalized spacial score (nSPS) is 16.6. The Bertz CT molecular complexity index is 842. The topological polar surface area (TPSA) is 46.5 Å². The maximum absolute atomic E-state index is 13.1. The molecule has 0 bridgehead atoms. The molecule has 0 spiro atoms. The fourth-order valence-corrected chi connectivity index (χ4v) is 3.37. The van der Waals surface area contributed by atoms with E-state index in [1.807, 2.05) is 31.2 Å². The van der Waals surface area contributed by atoms with Gasteiger partial charge in [0, 0.05) is 15.4 Å². The van der Waals surface area contributed by atoms with Crippen molar-refractivity contribution in [3.05, 3.63) is 59.2 Å². The summed E-state index contributed by atoms with van der Waals surface area (Å²) in [6.45, 7) is 1.95. The van der Waals surface area contributed by atoms with Gasteiger partial charge in [-0.1, -0.05) is 35.5 Å². The van der Waals surface area contributed by atoms with Gasteiger partial charge in [0.1, 0.15) is 5.75 Å². The van der Waals surface area contributed by atoms with Crippen molar-refractivity contribution < 1.29 is 27.8 Å². The van der Waals surface area contributed by atoms with Crippen LogP contribution in [0.15, 0.2) is 57.8 Å². The summed E-state index contributed by atoms with van der Waals surface area (Å²) >= 11 is 1.33. The van der Waals surface area contributed by atoms with Crippen LogP contribution in [0.5, 0.6) is 5.75 Å². The van der Waals surface area contributed by atoms with Gasteiger partial charge in [0.05, 0.1) is 5.57 Å². The Kier molecular flexibility index (Phi) is 4.51. The molecule has 2 aromatic rings. The summed E-state index contributed by atoms with van der Waals surface area (Å²) in [5.74, 6) is -1.63. The standard InChI is InChI=1S/C18H13F3O3S/c1-10-5-7-11(8-6-10)25-15-4-2-3-14-12(15)9-13(17(22)23)16(24-14)18(19,20)21/h2-9,16H,1H3,(H,22,23). The first-order valence-electron chi connectivity index (χ1n) is 7.31. The molecule has 0 amide bonds. The van der Waals surface area contributed by atoms with Crippen LogP contribution >= 0.6 is 11.8 Å². The molecule has 3 nitrogen and oxygen atoms in total. The second-order valence-corrected chi connectivity index (χ2v) is 6.64. The highest BCUT2D eigenvalue weighted by atomic mass is 32.2. The van der Waals surface area contributed by atoms with E-state index in [1.54, 1.807) is 12.1 Å². The van der Waals surface area contributed by atoms with Crippen LogP contribution in [-0.4, -0.2) is 23.4 Å². The zero-order chi connectivity index (χ0) is 18.2. The van der Waals surface area contributed by atoms with Crippen molar-refractivity contribution in [1.82, 2.24) is 0 Å². The number of benzene rings is 2. The number of aryl methyl sites for hydroxylation is 1. The molecule has 1 unspecified atom stereocenters. The zero-order valence-corrected chi connectivity index (χ0v) is 13.8. The molecule has 7 heteroatoms. The number of fused-ring (bicyclic) bond motifs is 1. The molecular formula is C18H13F3O3S. The highest BCUT2D eigenvalue weighted by Gasteiger charge is 2.48. The number of ether oxygens (including phenoxy) is 1. The third-order valence-corrected chi connectivity index (χ3v) is 4.73. The van der Waals surface area contributed by atoms with Gasteiger partial charge in [-0.2, -0.15) is 13.2 Å². The van der Waals surface area contributed by atoms with Gasteiger partial charge in [-0.25, -0.2) is 4.79 Å². The van der Waals surface area contributed by atoms with Crippen LogP contribution in [0.4, 0.5) is 13.2 Å². The molecule has 0 aliphatic carbocycles. The van der Waals surface area contributed by atoms with E-state index in [4.69, 9.17) is 9.84 Å². The summed E-state index contributed by atoms with van der Waals surface area (Å²) in [7, 11) is 0. The minimum absolute atomic E-state index is 0.0180. The van der Waals surface area contributed by atoms with Crippen LogP contribution < -0.4 is 4.74 Å². The number of halogens is 3. The van der Waals surface area contributed by atoms with E-state index in [0.717, 1.165) is 16.5 Å². The number of alkyl halides is 3. The second-order valence-electron chi connectivity index (χ2n) is 5.53. The van der Waals surface area contributed by atoms with Crippen molar-refractivity contribution in [3.8, 4) is 5.75 Å². The first-order valence-corrected chi connectivity index (χ1v) is 8.13.